The zero-order valence-electron chi connectivity index (χ0n) is 45.7. The summed E-state index contributed by atoms with van der Waals surface area (Å²) in [5.74, 6) is 4.64. The number of hydrogen-bond acceptors (Lipinski definition) is 6. The van der Waals surface area contributed by atoms with E-state index in [0.29, 0.717) is 39.6 Å². The second-order valence-electron chi connectivity index (χ2n) is 20.2. The van der Waals surface area contributed by atoms with Gasteiger partial charge >= 0.3 is 0 Å². The van der Waals surface area contributed by atoms with Crippen molar-refractivity contribution in [3.05, 3.63) is 84.9 Å². The van der Waals surface area contributed by atoms with Gasteiger partial charge in [-0.2, -0.15) is 0 Å². The molecule has 0 unspecified atom stereocenters. The highest BCUT2D eigenvalue weighted by molar-refractivity contribution is 6.06. The van der Waals surface area contributed by atoms with Gasteiger partial charge in [0.2, 0.25) is 11.5 Å². The molecule has 0 saturated carbocycles. The van der Waals surface area contributed by atoms with Crippen molar-refractivity contribution in [3.8, 4) is 56.8 Å². The minimum atomic E-state index is 0.656. The first-order valence-corrected chi connectivity index (χ1v) is 29.0. The van der Waals surface area contributed by atoms with Crippen LogP contribution in [0.4, 0.5) is 0 Å². The van der Waals surface area contributed by atoms with Crippen LogP contribution in [-0.4, -0.2) is 39.6 Å². The second-order valence-corrected chi connectivity index (χ2v) is 20.2. The van der Waals surface area contributed by atoms with Gasteiger partial charge in [-0.3, -0.25) is 0 Å². The number of unbranched alkanes of at least 4 members (excludes halogenated alkanes) is 18. The molecule has 0 aromatic heterocycles. The lowest BCUT2D eigenvalue weighted by molar-refractivity contribution is 0.234. The molecule has 0 aliphatic carbocycles. The summed E-state index contributed by atoms with van der Waals surface area (Å²) in [5, 5.41) is 7.26. The molecule has 392 valence electrons. The lowest BCUT2D eigenvalue weighted by Crippen LogP contribution is -2.06. The molecule has 0 amide bonds. The van der Waals surface area contributed by atoms with Crippen molar-refractivity contribution < 1.29 is 28.4 Å². The molecule has 0 heterocycles. The van der Waals surface area contributed by atoms with Gasteiger partial charge in [0, 0.05) is 0 Å². The number of rotatable bonds is 38. The molecule has 6 nitrogen and oxygen atoms in total. The van der Waals surface area contributed by atoms with Gasteiger partial charge in [-0.05, 0) is 154 Å². The molecule has 0 atom stereocenters. The van der Waals surface area contributed by atoms with Crippen molar-refractivity contribution in [1.82, 2.24) is 0 Å². The van der Waals surface area contributed by atoms with Crippen molar-refractivity contribution in [3.63, 3.8) is 0 Å². The summed E-state index contributed by atoms with van der Waals surface area (Å²) in [6.45, 7) is 17.4. The molecule has 0 N–H and O–H groups in total. The topological polar surface area (TPSA) is 55.4 Å². The van der Waals surface area contributed by atoms with Crippen LogP contribution in [0.25, 0.3) is 54.6 Å². The molecule has 6 aromatic rings. The van der Waals surface area contributed by atoms with E-state index in [-0.39, 0.29) is 0 Å². The van der Waals surface area contributed by atoms with Crippen LogP contribution in [0.2, 0.25) is 0 Å². The molecular formula is C66H92O6. The van der Waals surface area contributed by atoms with Crippen LogP contribution in [0.3, 0.4) is 0 Å². The van der Waals surface area contributed by atoms with E-state index in [0.717, 1.165) is 134 Å². The fourth-order valence-corrected chi connectivity index (χ4v) is 9.56. The Kier molecular flexibility index (Phi) is 25.1. The van der Waals surface area contributed by atoms with E-state index in [9.17, 15) is 0 Å². The van der Waals surface area contributed by atoms with E-state index >= 15 is 0 Å². The Balaban J connectivity index is 1.33. The third-order valence-electron chi connectivity index (χ3n) is 14.0. The first-order chi connectivity index (χ1) is 35.5. The van der Waals surface area contributed by atoms with E-state index in [1.165, 1.54) is 109 Å². The number of fused-ring (bicyclic) bond motifs is 3. The molecule has 6 rings (SSSR count). The van der Waals surface area contributed by atoms with E-state index in [4.69, 9.17) is 28.4 Å². The zero-order chi connectivity index (χ0) is 50.6. The Morgan fingerprint density at radius 2 is 0.472 bits per heavy atom. The molecule has 0 bridgehead atoms. The highest BCUT2D eigenvalue weighted by Gasteiger charge is 2.20. The third kappa shape index (κ3) is 17.5. The quantitative estimate of drug-likeness (QED) is 0.0285. The first kappa shape index (κ1) is 56.2. The van der Waals surface area contributed by atoms with Crippen LogP contribution in [0.1, 0.15) is 196 Å². The molecule has 0 radical (unpaired) electrons. The largest absolute Gasteiger partial charge is 0.490 e. The maximum absolute atomic E-state index is 6.61. The van der Waals surface area contributed by atoms with Crippen molar-refractivity contribution in [2.24, 2.45) is 0 Å². The third-order valence-corrected chi connectivity index (χ3v) is 14.0. The van der Waals surface area contributed by atoms with Crippen molar-refractivity contribution in [2.75, 3.05) is 39.6 Å². The molecule has 72 heavy (non-hydrogen) atoms. The lowest BCUT2D eigenvalue weighted by Gasteiger charge is -2.19. The summed E-state index contributed by atoms with van der Waals surface area (Å²) in [4.78, 5) is 0. The van der Waals surface area contributed by atoms with E-state index in [2.05, 4.69) is 126 Å². The van der Waals surface area contributed by atoms with Gasteiger partial charge in [0.1, 0.15) is 0 Å². The summed E-state index contributed by atoms with van der Waals surface area (Å²) in [5.41, 5.74) is 4.43. The maximum Gasteiger partial charge on any atom is 0.203 e. The Morgan fingerprint density at radius 3 is 0.750 bits per heavy atom. The highest BCUT2D eigenvalue weighted by atomic mass is 16.5. The van der Waals surface area contributed by atoms with Gasteiger partial charge < -0.3 is 28.4 Å². The number of benzene rings is 6. The average molecular weight is 981 g/mol. The summed E-state index contributed by atoms with van der Waals surface area (Å²) < 4.78 is 39.6. The zero-order valence-corrected chi connectivity index (χ0v) is 45.7. The van der Waals surface area contributed by atoms with Gasteiger partial charge in [0.15, 0.2) is 23.0 Å². The van der Waals surface area contributed by atoms with E-state index < -0.39 is 0 Å². The molecule has 0 spiro atoms. The molecular weight excluding hydrogens is 889 g/mol. The van der Waals surface area contributed by atoms with Crippen LogP contribution in [0, 0.1) is 0 Å². The van der Waals surface area contributed by atoms with Crippen LogP contribution in [-0.2, 0) is 0 Å². The van der Waals surface area contributed by atoms with Gasteiger partial charge in [-0.15, -0.1) is 0 Å². The maximum atomic E-state index is 6.61. The average Bonchev–Trinajstić information content (AvgIpc) is 3.39. The number of ether oxygens (including phenoxy) is 6. The van der Waals surface area contributed by atoms with Crippen LogP contribution in [0.5, 0.6) is 34.5 Å². The Morgan fingerprint density at radius 1 is 0.222 bits per heavy atom. The first-order valence-electron chi connectivity index (χ1n) is 29.0. The van der Waals surface area contributed by atoms with Gasteiger partial charge in [0.25, 0.3) is 0 Å². The van der Waals surface area contributed by atoms with Crippen LogP contribution >= 0.6 is 0 Å². The molecule has 0 saturated heterocycles. The van der Waals surface area contributed by atoms with Gasteiger partial charge in [-0.1, -0.05) is 181 Å². The molecule has 6 aromatic carbocycles. The van der Waals surface area contributed by atoms with Crippen LogP contribution < -0.4 is 28.4 Å². The summed E-state index contributed by atoms with van der Waals surface area (Å²) in [6, 6.07) is 31.8. The SMILES string of the molecule is CCCCCCOc1cc(-c2ccc3cc4cc5cc(-c6cc(OCCCCCC)c(OCCCCCC)c(OCCCCCC)c6)ccc5cc4cc3c2)cc(OCCCCCC)c1OCCCCCC. The van der Waals surface area contributed by atoms with Crippen molar-refractivity contribution >= 4 is 32.3 Å². The second kappa shape index (κ2) is 32.2. The predicted octanol–water partition coefficient (Wildman–Crippen LogP) is 20.2. The van der Waals surface area contributed by atoms with Crippen LogP contribution in [0.15, 0.2) is 84.9 Å². The highest BCUT2D eigenvalue weighted by Crippen LogP contribution is 2.45. The van der Waals surface area contributed by atoms with Gasteiger partial charge in [0.05, 0.1) is 39.6 Å². The molecule has 0 fully saturated rings. The fourth-order valence-electron chi connectivity index (χ4n) is 9.56. The van der Waals surface area contributed by atoms with Gasteiger partial charge in [-0.25, -0.2) is 0 Å². The molecule has 6 heteroatoms. The van der Waals surface area contributed by atoms with Crippen molar-refractivity contribution in [1.29, 1.82) is 0 Å². The Labute approximate surface area is 435 Å². The van der Waals surface area contributed by atoms with E-state index in [1.807, 2.05) is 0 Å². The monoisotopic (exact) mass is 981 g/mol. The fraction of sp³-hybridized carbons (Fsp3) is 0.545. The molecule has 0 aliphatic rings. The minimum Gasteiger partial charge on any atom is -0.490 e. The lowest BCUT2D eigenvalue weighted by atomic mass is 9.95. The number of hydrogen-bond donors (Lipinski definition) is 0. The van der Waals surface area contributed by atoms with Crippen molar-refractivity contribution in [2.45, 2.75) is 196 Å². The normalized spacial score (nSPS) is 11.5. The standard InChI is InChI=1S/C66H92O6/c1-7-13-19-25-35-67-61-47-59(48-62(68-36-26-20-14-8-2)65(61)71-39-29-23-17-11-5)53-33-31-51-43-58-46-56-42-54(34-32-52(56)44-57(58)45-55(51)41-53)60-49-63(69-37-27-21-15-9-3)66(72-40-30-24-18-12-6)64(50-60)70-38-28-22-16-10-4/h31-34,41-50H,7-30,35-40H2,1-6H3. The summed E-state index contributed by atoms with van der Waals surface area (Å²) >= 11 is 0. The van der Waals surface area contributed by atoms with E-state index in [1.54, 1.807) is 0 Å². The Bertz CT molecular complexity index is 2250. The minimum absolute atomic E-state index is 0.656. The predicted molar refractivity (Wildman–Crippen MR) is 308 cm³/mol. The Hall–Kier alpha value is -5.10. The summed E-state index contributed by atoms with van der Waals surface area (Å²) in [7, 11) is 0. The summed E-state index contributed by atoms with van der Waals surface area (Å²) in [6.07, 6.45) is 27.6. The molecule has 0 aliphatic heterocycles. The smallest absolute Gasteiger partial charge is 0.203 e.